The molecular weight excluding hydrogens is 214 g/mol. The lowest BCUT2D eigenvalue weighted by Gasteiger charge is -2.05. The van der Waals surface area contributed by atoms with E-state index in [1.165, 1.54) is 12.1 Å². The molecule has 1 rings (SSSR count). The minimum Gasteiger partial charge on any atom is -0.508 e. The standard InChI is InChI=1S/C10H11NO5/c12-6-1-2-8(13)7(5-6)10(16)11-4-3-9(14)15/h1-2,5,12-13H,3-4H2,(H,11,16)(H,14,15). The van der Waals surface area contributed by atoms with Crippen molar-refractivity contribution in [3.8, 4) is 11.5 Å². The van der Waals surface area contributed by atoms with Gasteiger partial charge in [-0.15, -0.1) is 0 Å². The fraction of sp³-hybridized carbons (Fsp3) is 0.200. The van der Waals surface area contributed by atoms with E-state index in [4.69, 9.17) is 10.2 Å². The Morgan fingerprint density at radius 2 is 1.94 bits per heavy atom. The molecule has 0 radical (unpaired) electrons. The first-order valence-corrected chi connectivity index (χ1v) is 4.52. The van der Waals surface area contributed by atoms with E-state index in [1.54, 1.807) is 0 Å². The molecular formula is C10H11NO5. The molecule has 1 amide bonds. The molecule has 6 heteroatoms. The van der Waals surface area contributed by atoms with Crippen LogP contribution in [0.3, 0.4) is 0 Å². The summed E-state index contributed by atoms with van der Waals surface area (Å²) in [5, 5.41) is 29.1. The van der Waals surface area contributed by atoms with Crippen molar-refractivity contribution in [3.63, 3.8) is 0 Å². The van der Waals surface area contributed by atoms with E-state index in [0.29, 0.717) is 0 Å². The van der Waals surface area contributed by atoms with Gasteiger partial charge in [0.15, 0.2) is 0 Å². The van der Waals surface area contributed by atoms with Crippen molar-refractivity contribution in [1.82, 2.24) is 5.32 Å². The van der Waals surface area contributed by atoms with Gasteiger partial charge in [0, 0.05) is 6.54 Å². The van der Waals surface area contributed by atoms with Crippen LogP contribution in [0, 0.1) is 0 Å². The number of nitrogens with one attached hydrogen (secondary N) is 1. The van der Waals surface area contributed by atoms with Crippen LogP contribution in [0.1, 0.15) is 16.8 Å². The number of carboxylic acid groups (broad SMARTS) is 1. The number of benzene rings is 1. The van der Waals surface area contributed by atoms with Crippen molar-refractivity contribution in [2.75, 3.05) is 6.54 Å². The molecule has 0 saturated heterocycles. The number of aromatic hydroxyl groups is 2. The largest absolute Gasteiger partial charge is 0.508 e. The van der Waals surface area contributed by atoms with E-state index in [-0.39, 0.29) is 30.0 Å². The first-order chi connectivity index (χ1) is 7.50. The van der Waals surface area contributed by atoms with E-state index in [2.05, 4.69) is 5.32 Å². The normalized spacial score (nSPS) is 9.75. The van der Waals surface area contributed by atoms with Crippen LogP contribution in [-0.4, -0.2) is 33.7 Å². The molecule has 4 N–H and O–H groups in total. The van der Waals surface area contributed by atoms with Crippen molar-refractivity contribution in [2.45, 2.75) is 6.42 Å². The highest BCUT2D eigenvalue weighted by molar-refractivity contribution is 5.97. The zero-order valence-electron chi connectivity index (χ0n) is 8.30. The Balaban J connectivity index is 2.65. The summed E-state index contributed by atoms with van der Waals surface area (Å²) in [5.41, 5.74) is -0.0922. The zero-order chi connectivity index (χ0) is 12.1. The van der Waals surface area contributed by atoms with E-state index >= 15 is 0 Å². The molecule has 0 aliphatic rings. The Bertz CT molecular complexity index is 416. The maximum absolute atomic E-state index is 11.4. The molecule has 1 aromatic carbocycles. The van der Waals surface area contributed by atoms with Gasteiger partial charge in [0.05, 0.1) is 12.0 Å². The molecule has 6 nitrogen and oxygen atoms in total. The summed E-state index contributed by atoms with van der Waals surface area (Å²) in [4.78, 5) is 21.6. The summed E-state index contributed by atoms with van der Waals surface area (Å²) >= 11 is 0. The number of phenolic OH excluding ortho intramolecular Hbond substituents is 2. The van der Waals surface area contributed by atoms with Gasteiger partial charge in [-0.1, -0.05) is 0 Å². The predicted molar refractivity (Wildman–Crippen MR) is 54.4 cm³/mol. The number of carbonyl (C=O) groups excluding carboxylic acids is 1. The fourth-order valence-electron chi connectivity index (χ4n) is 1.08. The van der Waals surface area contributed by atoms with Crippen molar-refractivity contribution < 1.29 is 24.9 Å². The highest BCUT2D eigenvalue weighted by Crippen LogP contribution is 2.21. The molecule has 0 aliphatic carbocycles. The number of aliphatic carboxylic acids is 1. The second-order valence-electron chi connectivity index (χ2n) is 3.10. The number of phenols is 2. The molecule has 1 aromatic rings. The van der Waals surface area contributed by atoms with E-state index < -0.39 is 11.9 Å². The molecule has 0 unspecified atom stereocenters. The second-order valence-corrected chi connectivity index (χ2v) is 3.10. The zero-order valence-corrected chi connectivity index (χ0v) is 8.30. The highest BCUT2D eigenvalue weighted by Gasteiger charge is 2.11. The maximum atomic E-state index is 11.4. The van der Waals surface area contributed by atoms with Crippen LogP contribution >= 0.6 is 0 Å². The summed E-state index contributed by atoms with van der Waals surface area (Å²) < 4.78 is 0. The summed E-state index contributed by atoms with van der Waals surface area (Å²) in [5.74, 6) is -2.08. The fourth-order valence-corrected chi connectivity index (χ4v) is 1.08. The molecule has 0 spiro atoms. The van der Waals surface area contributed by atoms with Crippen LogP contribution < -0.4 is 5.32 Å². The lowest BCUT2D eigenvalue weighted by atomic mass is 10.1. The van der Waals surface area contributed by atoms with Crippen LogP contribution in [-0.2, 0) is 4.79 Å². The van der Waals surface area contributed by atoms with Crippen LogP contribution in [0.5, 0.6) is 11.5 Å². The Hall–Kier alpha value is -2.24. The van der Waals surface area contributed by atoms with Gasteiger partial charge >= 0.3 is 5.97 Å². The number of carbonyl (C=O) groups is 2. The second kappa shape index (κ2) is 5.01. The lowest BCUT2D eigenvalue weighted by Crippen LogP contribution is -2.26. The third-order valence-corrected chi connectivity index (χ3v) is 1.85. The van der Waals surface area contributed by atoms with Gasteiger partial charge in [0.1, 0.15) is 11.5 Å². The smallest absolute Gasteiger partial charge is 0.305 e. The number of amides is 1. The van der Waals surface area contributed by atoms with E-state index in [1.807, 2.05) is 0 Å². The molecule has 0 aliphatic heterocycles. The van der Waals surface area contributed by atoms with Gasteiger partial charge < -0.3 is 20.6 Å². The molecule has 0 saturated carbocycles. The Kier molecular flexibility index (Phi) is 3.71. The minimum atomic E-state index is -1.03. The number of hydrogen-bond donors (Lipinski definition) is 4. The van der Waals surface area contributed by atoms with Crippen LogP contribution in [0.25, 0.3) is 0 Å². The summed E-state index contributed by atoms with van der Waals surface area (Å²) in [6.45, 7) is -0.0384. The predicted octanol–water partition coefficient (Wildman–Crippen LogP) is 0.302. The van der Waals surface area contributed by atoms with Crippen LogP contribution in [0.15, 0.2) is 18.2 Å². The van der Waals surface area contributed by atoms with Gasteiger partial charge in [-0.25, -0.2) is 0 Å². The van der Waals surface area contributed by atoms with Crippen molar-refractivity contribution in [2.24, 2.45) is 0 Å². The van der Waals surface area contributed by atoms with Gasteiger partial charge in [-0.05, 0) is 18.2 Å². The molecule has 0 heterocycles. The summed E-state index contributed by atoms with van der Waals surface area (Å²) in [6.07, 6.45) is -0.203. The van der Waals surface area contributed by atoms with Crippen molar-refractivity contribution >= 4 is 11.9 Å². The first-order valence-electron chi connectivity index (χ1n) is 4.52. The van der Waals surface area contributed by atoms with Crippen molar-refractivity contribution in [1.29, 1.82) is 0 Å². The molecule has 0 aromatic heterocycles. The molecule has 86 valence electrons. The first kappa shape index (κ1) is 11.8. The monoisotopic (exact) mass is 225 g/mol. The lowest BCUT2D eigenvalue weighted by molar-refractivity contribution is -0.136. The molecule has 16 heavy (non-hydrogen) atoms. The number of hydrogen-bond acceptors (Lipinski definition) is 4. The minimum absolute atomic E-state index is 0.0384. The quantitative estimate of drug-likeness (QED) is 0.551. The summed E-state index contributed by atoms with van der Waals surface area (Å²) in [7, 11) is 0. The topological polar surface area (TPSA) is 107 Å². The van der Waals surface area contributed by atoms with Crippen molar-refractivity contribution in [3.05, 3.63) is 23.8 Å². The average Bonchev–Trinajstić information content (AvgIpc) is 2.21. The molecule has 0 fully saturated rings. The van der Waals surface area contributed by atoms with Gasteiger partial charge in [-0.2, -0.15) is 0 Å². The molecule has 0 atom stereocenters. The van der Waals surface area contributed by atoms with Gasteiger partial charge in [-0.3, -0.25) is 9.59 Å². The summed E-state index contributed by atoms with van der Waals surface area (Å²) in [6, 6.07) is 3.52. The third kappa shape index (κ3) is 3.16. The van der Waals surface area contributed by atoms with E-state index in [9.17, 15) is 14.7 Å². The van der Waals surface area contributed by atoms with Crippen LogP contribution in [0.2, 0.25) is 0 Å². The molecule has 0 bridgehead atoms. The maximum Gasteiger partial charge on any atom is 0.305 e. The SMILES string of the molecule is O=C(O)CCNC(=O)c1cc(O)ccc1O. The Morgan fingerprint density at radius 1 is 1.25 bits per heavy atom. The van der Waals surface area contributed by atoms with Gasteiger partial charge in [0.25, 0.3) is 5.91 Å². The van der Waals surface area contributed by atoms with Crippen LogP contribution in [0.4, 0.5) is 0 Å². The Labute approximate surface area is 91.1 Å². The van der Waals surface area contributed by atoms with E-state index in [0.717, 1.165) is 6.07 Å². The average molecular weight is 225 g/mol. The third-order valence-electron chi connectivity index (χ3n) is 1.85. The number of rotatable bonds is 4. The highest BCUT2D eigenvalue weighted by atomic mass is 16.4. The van der Waals surface area contributed by atoms with Gasteiger partial charge in [0.2, 0.25) is 0 Å². The number of carboxylic acids is 1. The Morgan fingerprint density at radius 3 is 2.56 bits per heavy atom.